The van der Waals surface area contributed by atoms with Gasteiger partial charge in [0.15, 0.2) is 0 Å². The SMILES string of the molecule is CCCO[Si](OCCC)(OCCCOC)c1ccccc1. The molecular formula is C16H28O4Si. The zero-order chi connectivity index (χ0) is 15.4. The van der Waals surface area contributed by atoms with E-state index in [4.69, 9.17) is 18.0 Å². The molecule has 0 aliphatic heterocycles. The van der Waals surface area contributed by atoms with Gasteiger partial charge in [0.25, 0.3) is 0 Å². The Kier molecular flexibility index (Phi) is 9.53. The lowest BCUT2D eigenvalue weighted by Crippen LogP contribution is -2.57. The molecule has 0 bridgehead atoms. The van der Waals surface area contributed by atoms with Gasteiger partial charge in [-0.2, -0.15) is 0 Å². The first-order valence-corrected chi connectivity index (χ1v) is 9.47. The predicted octanol–water partition coefficient (Wildman–Crippen LogP) is 2.74. The maximum Gasteiger partial charge on any atom is 0.537 e. The van der Waals surface area contributed by atoms with Crippen LogP contribution in [0.5, 0.6) is 0 Å². The van der Waals surface area contributed by atoms with Gasteiger partial charge in [0.2, 0.25) is 0 Å². The highest BCUT2D eigenvalue weighted by Crippen LogP contribution is 2.13. The largest absolute Gasteiger partial charge is 0.537 e. The summed E-state index contributed by atoms with van der Waals surface area (Å²) in [5.41, 5.74) is 0. The minimum atomic E-state index is -2.82. The molecule has 0 atom stereocenters. The topological polar surface area (TPSA) is 36.9 Å². The summed E-state index contributed by atoms with van der Waals surface area (Å²) in [6, 6.07) is 10.1. The van der Waals surface area contributed by atoms with Crippen molar-refractivity contribution in [2.45, 2.75) is 33.1 Å². The van der Waals surface area contributed by atoms with Crippen molar-refractivity contribution in [3.63, 3.8) is 0 Å². The fourth-order valence-corrected chi connectivity index (χ4v) is 4.61. The lowest BCUT2D eigenvalue weighted by Gasteiger charge is -2.29. The smallest absolute Gasteiger partial charge is 0.385 e. The molecule has 0 aliphatic rings. The van der Waals surface area contributed by atoms with Gasteiger partial charge in [-0.1, -0.05) is 44.2 Å². The fraction of sp³-hybridized carbons (Fsp3) is 0.625. The van der Waals surface area contributed by atoms with E-state index >= 15 is 0 Å². The Balaban J connectivity index is 2.85. The Labute approximate surface area is 129 Å². The molecule has 0 aliphatic carbocycles. The van der Waals surface area contributed by atoms with Crippen molar-refractivity contribution in [2.75, 3.05) is 33.5 Å². The van der Waals surface area contributed by atoms with Crippen LogP contribution in [0.2, 0.25) is 0 Å². The van der Waals surface area contributed by atoms with Crippen LogP contribution in [0.3, 0.4) is 0 Å². The molecule has 0 spiro atoms. The Morgan fingerprint density at radius 2 is 1.38 bits per heavy atom. The third kappa shape index (κ3) is 6.28. The van der Waals surface area contributed by atoms with Gasteiger partial charge in [-0.15, -0.1) is 0 Å². The average molecular weight is 312 g/mol. The molecule has 0 aromatic heterocycles. The molecule has 0 amide bonds. The van der Waals surface area contributed by atoms with Crippen molar-refractivity contribution >= 4 is 14.0 Å². The quantitative estimate of drug-likeness (QED) is 0.439. The minimum absolute atomic E-state index is 0.586. The lowest BCUT2D eigenvalue weighted by atomic mass is 10.4. The van der Waals surface area contributed by atoms with Crippen LogP contribution in [-0.2, 0) is 18.0 Å². The maximum absolute atomic E-state index is 6.14. The van der Waals surface area contributed by atoms with Crippen molar-refractivity contribution in [3.8, 4) is 0 Å². The maximum atomic E-state index is 6.14. The molecule has 0 heterocycles. The zero-order valence-electron chi connectivity index (χ0n) is 13.5. The van der Waals surface area contributed by atoms with E-state index in [0.29, 0.717) is 26.4 Å². The lowest BCUT2D eigenvalue weighted by molar-refractivity contribution is 0.0652. The molecule has 0 radical (unpaired) electrons. The van der Waals surface area contributed by atoms with Gasteiger partial charge in [-0.25, -0.2) is 0 Å². The molecule has 21 heavy (non-hydrogen) atoms. The predicted molar refractivity (Wildman–Crippen MR) is 86.8 cm³/mol. The van der Waals surface area contributed by atoms with Gasteiger partial charge < -0.3 is 18.0 Å². The standard InChI is InChI=1S/C16H28O4Si/c1-4-12-18-21(19-13-5-2,20-15-9-14-17-3)16-10-7-6-8-11-16/h6-8,10-11H,4-5,9,12-15H2,1-3H3. The van der Waals surface area contributed by atoms with Gasteiger partial charge in [-0.05, 0) is 19.3 Å². The summed E-state index contributed by atoms with van der Waals surface area (Å²) in [5, 5.41) is 1.03. The Morgan fingerprint density at radius 1 is 0.810 bits per heavy atom. The molecule has 1 rings (SSSR count). The van der Waals surface area contributed by atoms with Crippen molar-refractivity contribution in [1.82, 2.24) is 0 Å². The van der Waals surface area contributed by atoms with Crippen LogP contribution >= 0.6 is 0 Å². The van der Waals surface area contributed by atoms with E-state index in [1.807, 2.05) is 30.3 Å². The van der Waals surface area contributed by atoms with Crippen LogP contribution in [-0.4, -0.2) is 42.3 Å². The van der Waals surface area contributed by atoms with Crippen LogP contribution in [0.25, 0.3) is 0 Å². The van der Waals surface area contributed by atoms with Crippen molar-refractivity contribution < 1.29 is 18.0 Å². The molecular weight excluding hydrogens is 284 g/mol. The molecule has 4 nitrogen and oxygen atoms in total. The van der Waals surface area contributed by atoms with Crippen LogP contribution in [0, 0.1) is 0 Å². The summed E-state index contributed by atoms with van der Waals surface area (Å²) in [6.45, 7) is 6.75. The van der Waals surface area contributed by atoms with E-state index in [0.717, 1.165) is 24.4 Å². The Hall–Kier alpha value is -0.723. The van der Waals surface area contributed by atoms with Crippen molar-refractivity contribution in [1.29, 1.82) is 0 Å². The monoisotopic (exact) mass is 312 g/mol. The number of ether oxygens (including phenoxy) is 1. The van der Waals surface area contributed by atoms with Gasteiger partial charge in [-0.3, -0.25) is 0 Å². The third-order valence-electron chi connectivity index (χ3n) is 2.90. The van der Waals surface area contributed by atoms with Crippen LogP contribution in [0.1, 0.15) is 33.1 Å². The molecule has 0 N–H and O–H groups in total. The summed E-state index contributed by atoms with van der Waals surface area (Å²) in [4.78, 5) is 0. The first kappa shape index (κ1) is 18.3. The van der Waals surface area contributed by atoms with E-state index in [1.54, 1.807) is 7.11 Å². The second-order valence-corrected chi connectivity index (χ2v) is 7.37. The first-order valence-electron chi connectivity index (χ1n) is 7.75. The fourth-order valence-electron chi connectivity index (χ4n) is 1.90. The highest BCUT2D eigenvalue weighted by Gasteiger charge is 2.43. The summed E-state index contributed by atoms with van der Waals surface area (Å²) >= 11 is 0. The second-order valence-electron chi connectivity index (χ2n) is 4.81. The number of hydrogen-bond acceptors (Lipinski definition) is 4. The first-order chi connectivity index (χ1) is 10.3. The van der Waals surface area contributed by atoms with E-state index in [2.05, 4.69) is 13.8 Å². The number of hydrogen-bond donors (Lipinski definition) is 0. The van der Waals surface area contributed by atoms with Gasteiger partial charge in [0, 0.05) is 38.7 Å². The van der Waals surface area contributed by atoms with E-state index < -0.39 is 8.80 Å². The molecule has 5 heteroatoms. The summed E-state index contributed by atoms with van der Waals surface area (Å²) in [6.07, 6.45) is 2.72. The van der Waals surface area contributed by atoms with Crippen molar-refractivity contribution in [2.24, 2.45) is 0 Å². The van der Waals surface area contributed by atoms with E-state index in [9.17, 15) is 0 Å². The summed E-state index contributed by atoms with van der Waals surface area (Å²) in [7, 11) is -1.12. The summed E-state index contributed by atoms with van der Waals surface area (Å²) in [5.74, 6) is 0. The van der Waals surface area contributed by atoms with Crippen molar-refractivity contribution in [3.05, 3.63) is 30.3 Å². The van der Waals surface area contributed by atoms with Crippen LogP contribution in [0.15, 0.2) is 30.3 Å². The minimum Gasteiger partial charge on any atom is -0.385 e. The Morgan fingerprint density at radius 3 is 1.90 bits per heavy atom. The number of rotatable bonds is 12. The second kappa shape index (κ2) is 10.9. The van der Waals surface area contributed by atoms with Gasteiger partial charge >= 0.3 is 8.80 Å². The Bertz CT molecular complexity index is 351. The van der Waals surface area contributed by atoms with Gasteiger partial charge in [0.05, 0.1) is 0 Å². The summed E-state index contributed by atoms with van der Waals surface area (Å²) < 4.78 is 23.4. The highest BCUT2D eigenvalue weighted by atomic mass is 28.4. The third-order valence-corrected chi connectivity index (χ3v) is 5.70. The molecule has 0 unspecified atom stereocenters. The molecule has 0 fully saturated rings. The average Bonchev–Trinajstić information content (AvgIpc) is 2.54. The zero-order valence-corrected chi connectivity index (χ0v) is 14.5. The van der Waals surface area contributed by atoms with Crippen LogP contribution in [0.4, 0.5) is 0 Å². The van der Waals surface area contributed by atoms with Crippen LogP contribution < -0.4 is 5.19 Å². The molecule has 120 valence electrons. The highest BCUT2D eigenvalue weighted by molar-refractivity contribution is 6.75. The normalized spacial score (nSPS) is 11.8. The van der Waals surface area contributed by atoms with Gasteiger partial charge in [0.1, 0.15) is 0 Å². The molecule has 0 saturated heterocycles. The molecule has 1 aromatic carbocycles. The molecule has 1 aromatic rings. The number of benzene rings is 1. The van der Waals surface area contributed by atoms with E-state index in [-0.39, 0.29) is 0 Å². The molecule has 0 saturated carbocycles. The van der Waals surface area contributed by atoms with E-state index in [1.165, 1.54) is 0 Å². The number of methoxy groups -OCH3 is 1.